The van der Waals surface area contributed by atoms with Crippen LogP contribution >= 0.6 is 0 Å². The highest BCUT2D eigenvalue weighted by Gasteiger charge is 2.09. The minimum absolute atomic E-state index is 0.387. The first-order valence-corrected chi connectivity index (χ1v) is 3.60. The van der Waals surface area contributed by atoms with Crippen molar-refractivity contribution < 1.29 is 9.59 Å². The summed E-state index contributed by atoms with van der Waals surface area (Å²) in [6.07, 6.45) is 0.387. The molecule has 0 bridgehead atoms. The Morgan fingerprint density at radius 2 is 2.00 bits per heavy atom. The van der Waals surface area contributed by atoms with Gasteiger partial charge in [0, 0.05) is 0 Å². The van der Waals surface area contributed by atoms with Crippen LogP contribution in [-0.2, 0) is 4.79 Å². The molecule has 0 unspecified atom stereocenters. The maximum atomic E-state index is 10.8. The van der Waals surface area contributed by atoms with Crippen molar-refractivity contribution in [2.45, 2.75) is 0 Å². The van der Waals surface area contributed by atoms with Gasteiger partial charge in [0.1, 0.15) is 0 Å². The summed E-state index contributed by atoms with van der Waals surface area (Å²) >= 11 is 0. The number of hydrazine groups is 1. The third-order valence-electron chi connectivity index (χ3n) is 1.42. The molecule has 0 atom stereocenters. The summed E-state index contributed by atoms with van der Waals surface area (Å²) in [4.78, 5) is 20.9. The van der Waals surface area contributed by atoms with Crippen molar-refractivity contribution in [1.29, 1.82) is 0 Å². The summed E-state index contributed by atoms with van der Waals surface area (Å²) in [5.41, 5.74) is 7.71. The van der Waals surface area contributed by atoms with Gasteiger partial charge in [0.15, 0.2) is 0 Å². The van der Waals surface area contributed by atoms with Crippen molar-refractivity contribution in [3.63, 3.8) is 0 Å². The highest BCUT2D eigenvalue weighted by molar-refractivity contribution is 5.91. The van der Waals surface area contributed by atoms with Gasteiger partial charge in [-0.1, -0.05) is 18.2 Å². The number of hydrogen-bond donors (Lipinski definition) is 2. The maximum absolute atomic E-state index is 10.8. The van der Waals surface area contributed by atoms with Crippen molar-refractivity contribution in [1.82, 2.24) is 5.43 Å². The lowest BCUT2D eigenvalue weighted by Gasteiger charge is -2.17. The first-order valence-electron chi connectivity index (χ1n) is 3.60. The first-order chi connectivity index (χ1) is 6.25. The highest BCUT2D eigenvalue weighted by atomic mass is 16.2. The fraction of sp³-hybridized carbons (Fsp3) is 0. The van der Waals surface area contributed by atoms with Crippen LogP contribution in [0.15, 0.2) is 30.3 Å². The highest BCUT2D eigenvalue weighted by Crippen LogP contribution is 2.09. The Kier molecular flexibility index (Phi) is 2.86. The van der Waals surface area contributed by atoms with E-state index in [0.29, 0.717) is 12.1 Å². The third kappa shape index (κ3) is 2.19. The Morgan fingerprint density at radius 1 is 1.38 bits per heavy atom. The average molecular weight is 179 g/mol. The summed E-state index contributed by atoms with van der Waals surface area (Å²) in [5, 5.41) is 0.951. The molecule has 68 valence electrons. The van der Waals surface area contributed by atoms with Crippen LogP contribution in [0.25, 0.3) is 0 Å². The zero-order valence-corrected chi connectivity index (χ0v) is 6.81. The van der Waals surface area contributed by atoms with Crippen LogP contribution in [-0.4, -0.2) is 12.4 Å². The SMILES string of the molecule is NC(=O)N(NC=O)c1ccccc1. The predicted molar refractivity (Wildman–Crippen MR) is 47.7 cm³/mol. The molecule has 1 aromatic rings. The smallest absolute Gasteiger partial charge is 0.338 e. The molecule has 13 heavy (non-hydrogen) atoms. The molecule has 0 fully saturated rings. The Bertz CT molecular complexity index is 300. The monoisotopic (exact) mass is 179 g/mol. The first kappa shape index (κ1) is 9.05. The number of urea groups is 1. The van der Waals surface area contributed by atoms with Crippen LogP contribution in [0.4, 0.5) is 10.5 Å². The quantitative estimate of drug-likeness (QED) is 0.515. The van der Waals surface area contributed by atoms with E-state index in [4.69, 9.17) is 5.73 Å². The standard InChI is InChI=1S/C8H9N3O2/c9-8(13)11(10-6-12)7-4-2-1-3-5-7/h1-6H,(H2,9,13)(H,10,12). The van der Waals surface area contributed by atoms with Gasteiger partial charge in [-0.3, -0.25) is 10.2 Å². The fourth-order valence-electron chi connectivity index (χ4n) is 0.895. The Balaban J connectivity index is 2.88. The maximum Gasteiger partial charge on any atom is 0.338 e. The molecule has 0 aliphatic rings. The summed E-state index contributed by atoms with van der Waals surface area (Å²) in [6, 6.07) is 7.83. The number of primary amides is 1. The van der Waals surface area contributed by atoms with E-state index in [2.05, 4.69) is 5.43 Å². The van der Waals surface area contributed by atoms with Gasteiger partial charge in [0.05, 0.1) is 5.69 Å². The number of nitrogens with zero attached hydrogens (tertiary/aromatic N) is 1. The number of benzene rings is 1. The zero-order valence-electron chi connectivity index (χ0n) is 6.81. The molecule has 0 saturated heterocycles. The number of para-hydroxylation sites is 1. The Hall–Kier alpha value is -2.04. The van der Waals surface area contributed by atoms with E-state index in [1.807, 2.05) is 0 Å². The zero-order chi connectivity index (χ0) is 9.68. The molecule has 1 rings (SSSR count). The van der Waals surface area contributed by atoms with Gasteiger partial charge in [0.2, 0.25) is 6.41 Å². The van der Waals surface area contributed by atoms with E-state index in [1.165, 1.54) is 0 Å². The van der Waals surface area contributed by atoms with Crippen molar-refractivity contribution in [2.75, 3.05) is 5.01 Å². The number of carbonyl (C=O) groups is 2. The molecule has 0 saturated carbocycles. The van der Waals surface area contributed by atoms with Gasteiger partial charge >= 0.3 is 6.03 Å². The van der Waals surface area contributed by atoms with E-state index < -0.39 is 6.03 Å². The van der Waals surface area contributed by atoms with Crippen molar-refractivity contribution in [2.24, 2.45) is 5.73 Å². The van der Waals surface area contributed by atoms with E-state index in [0.717, 1.165) is 5.01 Å². The van der Waals surface area contributed by atoms with E-state index in [1.54, 1.807) is 30.3 Å². The van der Waals surface area contributed by atoms with Gasteiger partial charge in [-0.05, 0) is 12.1 Å². The predicted octanol–water partition coefficient (Wildman–Crippen LogP) is 0.233. The lowest BCUT2D eigenvalue weighted by molar-refractivity contribution is -0.109. The van der Waals surface area contributed by atoms with Crippen LogP contribution in [0.1, 0.15) is 0 Å². The van der Waals surface area contributed by atoms with Gasteiger partial charge in [-0.2, -0.15) is 0 Å². The van der Waals surface area contributed by atoms with Gasteiger partial charge < -0.3 is 5.73 Å². The minimum atomic E-state index is -0.738. The molecular formula is C8H9N3O2. The molecule has 3 N–H and O–H groups in total. The molecule has 5 nitrogen and oxygen atoms in total. The van der Waals surface area contributed by atoms with Crippen LogP contribution in [0.2, 0.25) is 0 Å². The van der Waals surface area contributed by atoms with Crippen LogP contribution in [0.5, 0.6) is 0 Å². The molecule has 0 spiro atoms. The average Bonchev–Trinajstić information content (AvgIpc) is 2.15. The van der Waals surface area contributed by atoms with Crippen molar-refractivity contribution in [3.05, 3.63) is 30.3 Å². The van der Waals surface area contributed by atoms with Crippen molar-refractivity contribution in [3.8, 4) is 0 Å². The molecular weight excluding hydrogens is 170 g/mol. The molecule has 5 heteroatoms. The number of nitrogens with one attached hydrogen (secondary N) is 1. The van der Waals surface area contributed by atoms with E-state index in [-0.39, 0.29) is 0 Å². The number of anilines is 1. The number of hydrogen-bond acceptors (Lipinski definition) is 2. The summed E-state index contributed by atoms with van der Waals surface area (Å²) < 4.78 is 0. The molecule has 0 heterocycles. The fourth-order valence-corrected chi connectivity index (χ4v) is 0.895. The van der Waals surface area contributed by atoms with Crippen molar-refractivity contribution >= 4 is 18.1 Å². The van der Waals surface area contributed by atoms with Crippen LogP contribution in [0.3, 0.4) is 0 Å². The molecule has 0 aliphatic heterocycles. The number of nitrogens with two attached hydrogens (primary N) is 1. The van der Waals surface area contributed by atoms with Gasteiger partial charge in [-0.25, -0.2) is 9.80 Å². The molecule has 0 radical (unpaired) electrons. The Morgan fingerprint density at radius 3 is 2.46 bits per heavy atom. The third-order valence-corrected chi connectivity index (χ3v) is 1.42. The second-order valence-electron chi connectivity index (χ2n) is 2.26. The second kappa shape index (κ2) is 4.10. The largest absolute Gasteiger partial charge is 0.350 e. The van der Waals surface area contributed by atoms with E-state index in [9.17, 15) is 9.59 Å². The molecule has 0 aliphatic carbocycles. The van der Waals surface area contributed by atoms with Gasteiger partial charge in [0.25, 0.3) is 0 Å². The number of rotatable bonds is 3. The number of carbonyl (C=O) groups excluding carboxylic acids is 2. The second-order valence-corrected chi connectivity index (χ2v) is 2.26. The summed E-state index contributed by atoms with van der Waals surface area (Å²) in [6.45, 7) is 0. The molecule has 0 aromatic heterocycles. The number of amides is 3. The van der Waals surface area contributed by atoms with Crippen LogP contribution < -0.4 is 16.2 Å². The van der Waals surface area contributed by atoms with Crippen LogP contribution in [0, 0.1) is 0 Å². The summed E-state index contributed by atoms with van der Waals surface area (Å²) in [7, 11) is 0. The Labute approximate surface area is 75.1 Å². The minimum Gasteiger partial charge on any atom is -0.350 e. The van der Waals surface area contributed by atoms with E-state index >= 15 is 0 Å². The molecule has 3 amide bonds. The van der Waals surface area contributed by atoms with Gasteiger partial charge in [-0.15, -0.1) is 0 Å². The summed E-state index contributed by atoms with van der Waals surface area (Å²) in [5.74, 6) is 0. The lowest BCUT2D eigenvalue weighted by Crippen LogP contribution is -2.45. The molecule has 1 aromatic carbocycles. The topological polar surface area (TPSA) is 75.4 Å². The lowest BCUT2D eigenvalue weighted by atomic mass is 10.3. The normalized spacial score (nSPS) is 8.92.